The molecule has 174 valence electrons. The van der Waals surface area contributed by atoms with E-state index >= 15 is 0 Å². The number of nitrogens with zero attached hydrogens (tertiary/aromatic N) is 3. The Kier molecular flexibility index (Phi) is 6.67. The number of aromatic nitrogens is 2. The van der Waals surface area contributed by atoms with Crippen molar-refractivity contribution in [3.05, 3.63) is 94.3 Å². The first-order valence-electron chi connectivity index (χ1n) is 11.2. The minimum atomic E-state index is -0.404. The first-order chi connectivity index (χ1) is 16.6. The van der Waals surface area contributed by atoms with Crippen LogP contribution in [0.25, 0.3) is 11.1 Å². The van der Waals surface area contributed by atoms with Crippen LogP contribution in [0.5, 0.6) is 0 Å². The van der Waals surface area contributed by atoms with Gasteiger partial charge in [-0.05, 0) is 29.3 Å². The lowest BCUT2D eigenvalue weighted by Crippen LogP contribution is -2.35. The summed E-state index contributed by atoms with van der Waals surface area (Å²) in [6, 6.07) is 19.3. The minimum Gasteiger partial charge on any atom is -0.378 e. The molecule has 2 aromatic carbocycles. The quantitative estimate of drug-likeness (QED) is 0.404. The van der Waals surface area contributed by atoms with Crippen molar-refractivity contribution in [3.8, 4) is 11.1 Å². The Morgan fingerprint density at radius 1 is 1.12 bits per heavy atom. The maximum absolute atomic E-state index is 13.6. The number of amides is 1. The van der Waals surface area contributed by atoms with Gasteiger partial charge in [-0.25, -0.2) is 4.98 Å². The lowest BCUT2D eigenvalue weighted by Gasteiger charge is -2.28. The molecule has 6 nitrogen and oxygen atoms in total. The van der Waals surface area contributed by atoms with Gasteiger partial charge < -0.3 is 19.5 Å². The van der Waals surface area contributed by atoms with Gasteiger partial charge in [0.2, 0.25) is 0 Å². The lowest BCUT2D eigenvalue weighted by atomic mass is 10.1. The molecular formula is C26H25ClN4O2S. The summed E-state index contributed by atoms with van der Waals surface area (Å²) in [7, 11) is 1.92. The third kappa shape index (κ3) is 4.73. The second kappa shape index (κ2) is 10.0. The Bertz CT molecular complexity index is 1260. The highest BCUT2D eigenvalue weighted by Gasteiger charge is 2.25. The van der Waals surface area contributed by atoms with Gasteiger partial charge in [-0.1, -0.05) is 54.1 Å². The smallest absolute Gasteiger partial charge is 0.262 e. The van der Waals surface area contributed by atoms with Crippen LogP contribution in [0.4, 0.5) is 5.00 Å². The molecular weight excluding hydrogens is 468 g/mol. The van der Waals surface area contributed by atoms with Crippen molar-refractivity contribution >= 4 is 33.8 Å². The van der Waals surface area contributed by atoms with Crippen LogP contribution in [0, 0.1) is 0 Å². The SMILES string of the molecule is Cn1ccnc1[C@H](NC(=O)c1cc(-c2ccccc2)c(N2CCOCC2)s1)c1ccc(Cl)cc1. The van der Waals surface area contributed by atoms with E-state index in [4.69, 9.17) is 16.3 Å². The minimum absolute atomic E-state index is 0.135. The van der Waals surface area contributed by atoms with E-state index in [0.29, 0.717) is 23.1 Å². The molecule has 0 unspecified atom stereocenters. The van der Waals surface area contributed by atoms with Crippen molar-refractivity contribution in [3.63, 3.8) is 0 Å². The number of nitrogens with one attached hydrogen (secondary N) is 1. The summed E-state index contributed by atoms with van der Waals surface area (Å²) in [5.74, 6) is 0.619. The Morgan fingerprint density at radius 3 is 2.53 bits per heavy atom. The van der Waals surface area contributed by atoms with Crippen LogP contribution < -0.4 is 10.2 Å². The van der Waals surface area contributed by atoms with Gasteiger partial charge >= 0.3 is 0 Å². The summed E-state index contributed by atoms with van der Waals surface area (Å²) in [4.78, 5) is 21.0. The number of thiophene rings is 1. The molecule has 0 saturated carbocycles. The molecule has 1 fully saturated rings. The lowest BCUT2D eigenvalue weighted by molar-refractivity contribution is 0.0945. The summed E-state index contributed by atoms with van der Waals surface area (Å²) < 4.78 is 7.47. The summed E-state index contributed by atoms with van der Waals surface area (Å²) in [6.07, 6.45) is 3.61. The molecule has 1 amide bonds. The molecule has 0 radical (unpaired) electrons. The number of carbonyl (C=O) groups is 1. The van der Waals surface area contributed by atoms with Gasteiger partial charge in [-0.15, -0.1) is 11.3 Å². The maximum Gasteiger partial charge on any atom is 0.262 e. The number of carbonyl (C=O) groups excluding carboxylic acids is 1. The first-order valence-corrected chi connectivity index (χ1v) is 12.3. The second-order valence-corrected chi connectivity index (χ2v) is 9.62. The molecule has 34 heavy (non-hydrogen) atoms. The van der Waals surface area contributed by atoms with Crippen molar-refractivity contribution in [1.29, 1.82) is 0 Å². The van der Waals surface area contributed by atoms with Crippen LogP contribution in [0.15, 0.2) is 73.1 Å². The normalized spacial score (nSPS) is 14.7. The van der Waals surface area contributed by atoms with Gasteiger partial charge in [0.15, 0.2) is 0 Å². The van der Waals surface area contributed by atoms with E-state index in [9.17, 15) is 4.79 Å². The topological polar surface area (TPSA) is 59.4 Å². The molecule has 5 rings (SSSR count). The van der Waals surface area contributed by atoms with Crippen molar-refractivity contribution < 1.29 is 9.53 Å². The number of benzene rings is 2. The van der Waals surface area contributed by atoms with Crippen LogP contribution in [-0.2, 0) is 11.8 Å². The van der Waals surface area contributed by atoms with E-state index < -0.39 is 6.04 Å². The Morgan fingerprint density at radius 2 is 1.85 bits per heavy atom. The number of morpholine rings is 1. The zero-order chi connectivity index (χ0) is 23.5. The van der Waals surface area contributed by atoms with Gasteiger partial charge in [-0.3, -0.25) is 4.79 Å². The zero-order valence-electron chi connectivity index (χ0n) is 18.8. The van der Waals surface area contributed by atoms with Crippen molar-refractivity contribution in [2.24, 2.45) is 7.05 Å². The fourth-order valence-corrected chi connectivity index (χ4v) is 5.39. The summed E-state index contributed by atoms with van der Waals surface area (Å²) in [5, 5.41) is 4.95. The number of imidazole rings is 1. The van der Waals surface area contributed by atoms with Gasteiger partial charge in [0.25, 0.3) is 5.91 Å². The number of anilines is 1. The van der Waals surface area contributed by atoms with Crippen molar-refractivity contribution in [2.75, 3.05) is 31.2 Å². The zero-order valence-corrected chi connectivity index (χ0v) is 20.4. The Balaban J connectivity index is 1.50. The predicted molar refractivity (Wildman–Crippen MR) is 137 cm³/mol. The molecule has 1 N–H and O–H groups in total. The van der Waals surface area contributed by atoms with E-state index in [-0.39, 0.29) is 5.91 Å². The van der Waals surface area contributed by atoms with E-state index in [1.807, 2.05) is 66.3 Å². The fourth-order valence-electron chi connectivity index (χ4n) is 4.13. The number of hydrogen-bond donors (Lipinski definition) is 1. The van der Waals surface area contributed by atoms with E-state index in [0.717, 1.165) is 40.6 Å². The van der Waals surface area contributed by atoms with Crippen molar-refractivity contribution in [2.45, 2.75) is 6.04 Å². The number of aryl methyl sites for hydroxylation is 1. The Hall–Kier alpha value is -3.13. The summed E-state index contributed by atoms with van der Waals surface area (Å²) >= 11 is 7.63. The monoisotopic (exact) mass is 492 g/mol. The highest BCUT2D eigenvalue weighted by atomic mass is 35.5. The van der Waals surface area contributed by atoms with E-state index in [1.54, 1.807) is 6.20 Å². The van der Waals surface area contributed by atoms with Crippen molar-refractivity contribution in [1.82, 2.24) is 14.9 Å². The maximum atomic E-state index is 13.6. The first kappa shape index (κ1) is 22.7. The summed E-state index contributed by atoms with van der Waals surface area (Å²) in [5.41, 5.74) is 3.08. The highest BCUT2D eigenvalue weighted by molar-refractivity contribution is 7.18. The molecule has 2 aromatic heterocycles. The fraction of sp³-hybridized carbons (Fsp3) is 0.231. The standard InChI is InChI=1S/C26H25ClN4O2S/c1-30-12-11-28-24(30)23(19-7-9-20(27)10-8-19)29-25(32)22-17-21(18-5-3-2-4-6-18)26(34-22)31-13-15-33-16-14-31/h2-12,17,23H,13-16H2,1H3,(H,29,32)/t23-/m1/s1. The largest absolute Gasteiger partial charge is 0.378 e. The van der Waals surface area contributed by atoms with Gasteiger partial charge in [0.05, 0.1) is 23.1 Å². The molecule has 0 bridgehead atoms. The number of halogens is 1. The molecule has 1 aliphatic rings. The second-order valence-electron chi connectivity index (χ2n) is 8.15. The molecule has 0 spiro atoms. The third-order valence-electron chi connectivity index (χ3n) is 5.91. The number of hydrogen-bond acceptors (Lipinski definition) is 5. The molecule has 8 heteroatoms. The molecule has 1 aliphatic heterocycles. The van der Waals surface area contributed by atoms with Crippen LogP contribution in [0.2, 0.25) is 5.02 Å². The van der Waals surface area contributed by atoms with E-state index in [2.05, 4.69) is 27.3 Å². The van der Waals surface area contributed by atoms with Crippen LogP contribution in [0.1, 0.15) is 27.1 Å². The number of ether oxygens (including phenoxy) is 1. The third-order valence-corrected chi connectivity index (χ3v) is 7.36. The average Bonchev–Trinajstić information content (AvgIpc) is 3.51. The molecule has 3 heterocycles. The van der Waals surface area contributed by atoms with Gasteiger partial charge in [-0.2, -0.15) is 0 Å². The van der Waals surface area contributed by atoms with Crippen LogP contribution in [-0.4, -0.2) is 41.8 Å². The summed E-state index contributed by atoms with van der Waals surface area (Å²) in [6.45, 7) is 2.99. The number of rotatable bonds is 6. The average molecular weight is 493 g/mol. The molecule has 0 aliphatic carbocycles. The van der Waals surface area contributed by atoms with Gasteiger partial charge in [0.1, 0.15) is 11.9 Å². The van der Waals surface area contributed by atoms with E-state index in [1.165, 1.54) is 11.3 Å². The van der Waals surface area contributed by atoms with Gasteiger partial charge in [0, 0.05) is 43.1 Å². The predicted octanol–water partition coefficient (Wildman–Crippen LogP) is 5.16. The highest BCUT2D eigenvalue weighted by Crippen LogP contribution is 2.39. The van der Waals surface area contributed by atoms with Crippen LogP contribution >= 0.6 is 22.9 Å². The Labute approximate surface area is 207 Å². The molecule has 1 saturated heterocycles. The molecule has 4 aromatic rings. The molecule has 1 atom stereocenters. The van der Waals surface area contributed by atoms with Crippen LogP contribution in [0.3, 0.4) is 0 Å².